The molecule has 1 amide bonds. The summed E-state index contributed by atoms with van der Waals surface area (Å²) in [5, 5.41) is 16.1. The zero-order valence-electron chi connectivity index (χ0n) is 25.6. The Balaban J connectivity index is 1.28. The number of halogens is 3. The average molecular weight is 635 g/mol. The molecule has 4 rings (SSSR count). The van der Waals surface area contributed by atoms with Gasteiger partial charge in [0.25, 0.3) is 5.56 Å². The summed E-state index contributed by atoms with van der Waals surface area (Å²) >= 11 is 0. The number of hydrogen-bond acceptors (Lipinski definition) is 9. The van der Waals surface area contributed by atoms with Crippen molar-refractivity contribution in [2.45, 2.75) is 63.9 Å². The molecule has 2 fully saturated rings. The fraction of sp³-hybridized carbons (Fsp3) is 0.621. The van der Waals surface area contributed by atoms with Gasteiger partial charge in [-0.15, -0.1) is 0 Å². The van der Waals surface area contributed by atoms with Gasteiger partial charge < -0.3 is 24.8 Å². The van der Waals surface area contributed by atoms with Gasteiger partial charge in [0.1, 0.15) is 24.2 Å². The van der Waals surface area contributed by atoms with E-state index in [1.807, 2.05) is 6.07 Å². The van der Waals surface area contributed by atoms with Crippen molar-refractivity contribution in [3.8, 4) is 6.07 Å². The molecule has 2 saturated heterocycles. The van der Waals surface area contributed by atoms with Crippen molar-refractivity contribution in [2.75, 3.05) is 62.2 Å². The van der Waals surface area contributed by atoms with Crippen LogP contribution in [0.5, 0.6) is 0 Å². The molecule has 0 radical (unpaired) electrons. The van der Waals surface area contributed by atoms with Gasteiger partial charge in [-0.1, -0.05) is 19.6 Å². The lowest BCUT2D eigenvalue weighted by Gasteiger charge is -2.35. The topological polar surface area (TPSA) is 120 Å². The number of nitrogens with zero attached hydrogens (tertiary/aromatic N) is 7. The number of ether oxygens (including phenoxy) is 1. The predicted octanol–water partition coefficient (Wildman–Crippen LogP) is 3.14. The van der Waals surface area contributed by atoms with E-state index >= 15 is 0 Å². The molecule has 2 aromatic rings. The summed E-state index contributed by atoms with van der Waals surface area (Å²) in [4.78, 5) is 35.5. The molecule has 240 valence electrons. The molecule has 0 aliphatic carbocycles. The maximum Gasteiger partial charge on any atom is 0.423 e. The predicted molar refractivity (Wildman–Crippen MR) is 163 cm³/mol. The number of anilines is 2. The van der Waals surface area contributed by atoms with Gasteiger partial charge >= 0.3 is 6.18 Å². The van der Waals surface area contributed by atoms with Crippen molar-refractivity contribution in [3.05, 3.63) is 46.0 Å². The smallest absolute Gasteiger partial charge is 0.367 e. The van der Waals surface area contributed by atoms with Crippen LogP contribution in [0.15, 0.2) is 29.3 Å². The standard InChI is InChI=1S/C29H41F3N8O3Si/c1-44(2,3)16-15-43-21-40-28(42)27(29(30,31)32)24(19-36-40)39-10-4-5-23(39)8-9-34-20-26(41)38-13-11-37(12-14-38)25-7-6-22(17-33)18-35-25/h6-7,18-19,23,34H,4-5,8-16,20-21H2,1-3H3/t23-/m0/s1. The molecule has 44 heavy (non-hydrogen) atoms. The number of piperazine rings is 1. The van der Waals surface area contributed by atoms with Crippen molar-refractivity contribution in [1.82, 2.24) is 25.0 Å². The lowest BCUT2D eigenvalue weighted by Crippen LogP contribution is -2.51. The highest BCUT2D eigenvalue weighted by molar-refractivity contribution is 6.76. The number of carbonyl (C=O) groups excluding carboxylic acids is 1. The van der Waals surface area contributed by atoms with Crippen LogP contribution in [0.4, 0.5) is 24.7 Å². The molecule has 2 aliphatic heterocycles. The fourth-order valence-corrected chi connectivity index (χ4v) is 6.20. The molecule has 1 atom stereocenters. The molecule has 0 aromatic carbocycles. The highest BCUT2D eigenvalue weighted by atomic mass is 28.3. The molecule has 2 aliphatic rings. The Morgan fingerprint density at radius 3 is 2.55 bits per heavy atom. The Morgan fingerprint density at radius 2 is 1.91 bits per heavy atom. The summed E-state index contributed by atoms with van der Waals surface area (Å²) in [6.07, 6.45) is -0.279. The Labute approximate surface area is 256 Å². The van der Waals surface area contributed by atoms with E-state index < -0.39 is 25.4 Å². The number of nitriles is 1. The van der Waals surface area contributed by atoms with Gasteiger partial charge in [-0.25, -0.2) is 9.67 Å². The van der Waals surface area contributed by atoms with E-state index in [9.17, 15) is 22.8 Å². The van der Waals surface area contributed by atoms with Crippen LogP contribution in [-0.4, -0.2) is 92.1 Å². The van der Waals surface area contributed by atoms with E-state index in [0.29, 0.717) is 70.7 Å². The molecule has 11 nitrogen and oxygen atoms in total. The third-order valence-corrected chi connectivity index (χ3v) is 9.67. The quantitative estimate of drug-likeness (QED) is 0.278. The van der Waals surface area contributed by atoms with Crippen LogP contribution >= 0.6 is 0 Å². The Morgan fingerprint density at radius 1 is 1.16 bits per heavy atom. The summed E-state index contributed by atoms with van der Waals surface area (Å²) in [5.74, 6) is 0.724. The molecule has 0 spiro atoms. The minimum absolute atomic E-state index is 0.0417. The second-order valence-corrected chi connectivity index (χ2v) is 18.0. The zero-order chi connectivity index (χ0) is 31.9. The lowest BCUT2D eigenvalue weighted by atomic mass is 10.1. The van der Waals surface area contributed by atoms with E-state index in [1.165, 1.54) is 6.20 Å². The molecular formula is C29H41F3N8O3Si. The number of aromatic nitrogens is 3. The van der Waals surface area contributed by atoms with Crippen molar-refractivity contribution < 1.29 is 22.7 Å². The number of hydrogen-bond donors (Lipinski definition) is 1. The van der Waals surface area contributed by atoms with Gasteiger partial charge in [0, 0.05) is 59.6 Å². The van der Waals surface area contributed by atoms with Crippen molar-refractivity contribution in [2.24, 2.45) is 0 Å². The van der Waals surface area contributed by atoms with Gasteiger partial charge in [0.2, 0.25) is 5.91 Å². The van der Waals surface area contributed by atoms with E-state index in [4.69, 9.17) is 10.00 Å². The summed E-state index contributed by atoms with van der Waals surface area (Å²) < 4.78 is 48.7. The minimum atomic E-state index is -4.84. The number of amides is 1. The van der Waals surface area contributed by atoms with Gasteiger partial charge in [-0.2, -0.15) is 23.5 Å². The van der Waals surface area contributed by atoms with Crippen LogP contribution in [0.1, 0.15) is 30.4 Å². The number of alkyl halides is 3. The van der Waals surface area contributed by atoms with Crippen molar-refractivity contribution in [1.29, 1.82) is 5.26 Å². The molecule has 0 saturated carbocycles. The molecular weight excluding hydrogens is 593 g/mol. The first-order valence-electron chi connectivity index (χ1n) is 15.0. The van der Waals surface area contributed by atoms with Gasteiger partial charge in [0.15, 0.2) is 0 Å². The second kappa shape index (κ2) is 14.5. The SMILES string of the molecule is C[Si](C)(C)CCOCn1ncc(N2CCC[C@H]2CCNCC(=O)N2CCN(c3ccc(C#N)cn3)CC2)c(C(F)(F)F)c1=O. The Kier molecular flexibility index (Phi) is 11.0. The van der Waals surface area contributed by atoms with Gasteiger partial charge in [0.05, 0.1) is 24.0 Å². The molecule has 0 unspecified atom stereocenters. The highest BCUT2D eigenvalue weighted by Crippen LogP contribution is 2.37. The summed E-state index contributed by atoms with van der Waals surface area (Å²) in [7, 11) is -1.39. The highest BCUT2D eigenvalue weighted by Gasteiger charge is 2.41. The monoisotopic (exact) mass is 634 g/mol. The first-order chi connectivity index (χ1) is 20.9. The van der Waals surface area contributed by atoms with Crippen LogP contribution in [0.25, 0.3) is 0 Å². The summed E-state index contributed by atoms with van der Waals surface area (Å²) in [6.45, 7) is 9.83. The fourth-order valence-electron chi connectivity index (χ4n) is 5.44. The van der Waals surface area contributed by atoms with E-state index in [-0.39, 0.29) is 30.9 Å². The Hall–Kier alpha value is -3.48. The van der Waals surface area contributed by atoms with E-state index in [2.05, 4.69) is 39.9 Å². The first kappa shape index (κ1) is 33.4. The molecule has 1 N–H and O–H groups in total. The molecule has 0 bridgehead atoms. The van der Waals surface area contributed by atoms with Crippen LogP contribution in [0, 0.1) is 11.3 Å². The van der Waals surface area contributed by atoms with Crippen LogP contribution in [0.2, 0.25) is 25.7 Å². The number of nitrogens with one attached hydrogen (secondary N) is 1. The normalized spacial score (nSPS) is 17.7. The first-order valence-corrected chi connectivity index (χ1v) is 18.7. The number of pyridine rings is 1. The van der Waals surface area contributed by atoms with Crippen LogP contribution in [0.3, 0.4) is 0 Å². The van der Waals surface area contributed by atoms with E-state index in [1.54, 1.807) is 21.9 Å². The molecule has 15 heteroatoms. The number of rotatable bonds is 12. The summed E-state index contributed by atoms with van der Waals surface area (Å²) in [5.41, 5.74) is -2.12. The maximum atomic E-state index is 14.2. The van der Waals surface area contributed by atoms with Gasteiger partial charge in [-0.05, 0) is 44.0 Å². The molecule has 2 aromatic heterocycles. The van der Waals surface area contributed by atoms with E-state index in [0.717, 1.165) is 22.7 Å². The molecule has 4 heterocycles. The van der Waals surface area contributed by atoms with Crippen LogP contribution in [-0.2, 0) is 22.4 Å². The van der Waals surface area contributed by atoms with Gasteiger partial charge in [-0.3, -0.25) is 9.59 Å². The minimum Gasteiger partial charge on any atom is -0.367 e. The third-order valence-electron chi connectivity index (χ3n) is 7.97. The average Bonchev–Trinajstić information content (AvgIpc) is 3.45. The lowest BCUT2D eigenvalue weighted by molar-refractivity contribution is -0.139. The maximum absolute atomic E-state index is 14.2. The second-order valence-electron chi connectivity index (χ2n) is 12.4. The van der Waals surface area contributed by atoms with Crippen molar-refractivity contribution >= 4 is 25.5 Å². The largest absolute Gasteiger partial charge is 0.423 e. The Bertz CT molecular complexity index is 1370. The van der Waals surface area contributed by atoms with Crippen LogP contribution < -0.4 is 20.7 Å². The summed E-state index contributed by atoms with van der Waals surface area (Å²) in [6, 6.07) is 6.18. The third kappa shape index (κ3) is 8.79. The zero-order valence-corrected chi connectivity index (χ0v) is 26.6. The number of carbonyl (C=O) groups is 1. The van der Waals surface area contributed by atoms with Crippen molar-refractivity contribution in [3.63, 3.8) is 0 Å².